The number of nitrogens with one attached hydrogen (secondary N) is 1. The number of aliphatic carboxylic acids is 1. The highest BCUT2D eigenvalue weighted by molar-refractivity contribution is 5.73. The van der Waals surface area contributed by atoms with Crippen LogP contribution in [0.3, 0.4) is 0 Å². The number of rotatable bonds is 6. The van der Waals surface area contributed by atoms with Gasteiger partial charge in [-0.05, 0) is 13.3 Å². The van der Waals surface area contributed by atoms with Gasteiger partial charge in [0.2, 0.25) is 0 Å². The van der Waals surface area contributed by atoms with Crippen molar-refractivity contribution in [1.82, 2.24) is 10.2 Å². The Kier molecular flexibility index (Phi) is 7.68. The summed E-state index contributed by atoms with van der Waals surface area (Å²) in [4.78, 5) is 23.1. The molecule has 0 heterocycles. The van der Waals surface area contributed by atoms with E-state index in [-0.39, 0.29) is 12.5 Å². The van der Waals surface area contributed by atoms with Crippen LogP contribution in [0.5, 0.6) is 0 Å². The number of hydrogen-bond donors (Lipinski definition) is 2. The monoisotopic (exact) mass is 226 g/mol. The summed E-state index contributed by atoms with van der Waals surface area (Å²) in [6.07, 6.45) is 1.18. The van der Waals surface area contributed by atoms with Crippen LogP contribution in [0, 0.1) is 11.8 Å². The molecule has 16 heavy (non-hydrogen) atoms. The van der Waals surface area contributed by atoms with Crippen molar-refractivity contribution in [1.29, 1.82) is 0 Å². The van der Waals surface area contributed by atoms with Crippen LogP contribution in [0.1, 0.15) is 26.2 Å². The number of carbonyl (C=O) groups excluding carboxylic acids is 1. The van der Waals surface area contributed by atoms with E-state index in [0.29, 0.717) is 25.9 Å². The van der Waals surface area contributed by atoms with Gasteiger partial charge in [0.25, 0.3) is 0 Å². The van der Waals surface area contributed by atoms with Crippen LogP contribution in [0.2, 0.25) is 0 Å². The van der Waals surface area contributed by atoms with Gasteiger partial charge in [-0.1, -0.05) is 0 Å². The molecule has 0 saturated heterocycles. The molecule has 0 aromatic heterocycles. The van der Waals surface area contributed by atoms with Gasteiger partial charge in [-0.25, -0.2) is 4.79 Å². The van der Waals surface area contributed by atoms with Crippen molar-refractivity contribution in [2.45, 2.75) is 26.2 Å². The van der Waals surface area contributed by atoms with Gasteiger partial charge in [0.1, 0.15) is 0 Å². The maximum atomic E-state index is 11.4. The molecule has 0 aliphatic carbocycles. The molecule has 0 spiro atoms. The minimum Gasteiger partial charge on any atom is -0.481 e. The molecular formula is C11H18N2O3. The molecule has 0 unspecified atom stereocenters. The molecule has 0 saturated carbocycles. The molecule has 5 nitrogen and oxygen atoms in total. The molecule has 2 amide bonds. The fourth-order valence-electron chi connectivity index (χ4n) is 1.06. The van der Waals surface area contributed by atoms with Crippen LogP contribution in [0.15, 0.2) is 0 Å². The first kappa shape index (κ1) is 14.3. The Morgan fingerprint density at radius 1 is 1.44 bits per heavy atom. The molecule has 2 N–H and O–H groups in total. The zero-order valence-electron chi connectivity index (χ0n) is 9.75. The summed E-state index contributed by atoms with van der Waals surface area (Å²) in [5, 5.41) is 11.1. The third-order valence-electron chi connectivity index (χ3n) is 1.93. The second kappa shape index (κ2) is 8.60. The van der Waals surface area contributed by atoms with E-state index in [9.17, 15) is 9.59 Å². The highest BCUT2D eigenvalue weighted by atomic mass is 16.4. The van der Waals surface area contributed by atoms with Gasteiger partial charge in [0.05, 0.1) is 0 Å². The van der Waals surface area contributed by atoms with E-state index >= 15 is 0 Å². The van der Waals surface area contributed by atoms with Crippen molar-refractivity contribution in [2.24, 2.45) is 0 Å². The Labute approximate surface area is 95.8 Å². The van der Waals surface area contributed by atoms with Gasteiger partial charge < -0.3 is 15.3 Å². The Bertz CT molecular complexity index is 291. The van der Waals surface area contributed by atoms with E-state index in [1.54, 1.807) is 14.0 Å². The largest absolute Gasteiger partial charge is 0.481 e. The Hall–Kier alpha value is -1.70. The van der Waals surface area contributed by atoms with Crippen molar-refractivity contribution in [3.05, 3.63) is 0 Å². The fraction of sp³-hybridized carbons (Fsp3) is 0.636. The third-order valence-corrected chi connectivity index (χ3v) is 1.93. The van der Waals surface area contributed by atoms with Crippen LogP contribution >= 0.6 is 0 Å². The second-order valence-electron chi connectivity index (χ2n) is 3.33. The SMILES string of the molecule is CC#CCCNC(=O)N(C)CCCC(=O)O. The molecule has 0 rings (SSSR count). The molecule has 5 heteroatoms. The van der Waals surface area contributed by atoms with Gasteiger partial charge in [0, 0.05) is 33.0 Å². The molecule has 0 atom stereocenters. The van der Waals surface area contributed by atoms with Crippen molar-refractivity contribution >= 4 is 12.0 Å². The number of carboxylic acids is 1. The Morgan fingerprint density at radius 2 is 2.12 bits per heavy atom. The highest BCUT2D eigenvalue weighted by Gasteiger charge is 2.07. The van der Waals surface area contributed by atoms with Crippen molar-refractivity contribution in [3.63, 3.8) is 0 Å². The first-order valence-electron chi connectivity index (χ1n) is 5.18. The van der Waals surface area contributed by atoms with Gasteiger partial charge in [-0.3, -0.25) is 4.79 Å². The summed E-state index contributed by atoms with van der Waals surface area (Å²) < 4.78 is 0. The minimum atomic E-state index is -0.841. The minimum absolute atomic E-state index is 0.0823. The maximum Gasteiger partial charge on any atom is 0.317 e. The lowest BCUT2D eigenvalue weighted by Gasteiger charge is -2.16. The van der Waals surface area contributed by atoms with Gasteiger partial charge >= 0.3 is 12.0 Å². The van der Waals surface area contributed by atoms with Gasteiger partial charge in [0.15, 0.2) is 0 Å². The van der Waals surface area contributed by atoms with Crippen molar-refractivity contribution in [2.75, 3.05) is 20.1 Å². The predicted molar refractivity (Wildman–Crippen MR) is 61.0 cm³/mol. The average molecular weight is 226 g/mol. The van der Waals surface area contributed by atoms with Crippen LogP contribution < -0.4 is 5.32 Å². The van der Waals surface area contributed by atoms with Crippen LogP contribution in [-0.4, -0.2) is 42.1 Å². The second-order valence-corrected chi connectivity index (χ2v) is 3.33. The van der Waals surface area contributed by atoms with Gasteiger partial charge in [-0.2, -0.15) is 0 Å². The van der Waals surface area contributed by atoms with E-state index in [1.807, 2.05) is 0 Å². The third kappa shape index (κ3) is 7.68. The summed E-state index contributed by atoms with van der Waals surface area (Å²) in [6, 6.07) is -0.191. The predicted octanol–water partition coefficient (Wildman–Crippen LogP) is 0.906. The van der Waals surface area contributed by atoms with Crippen molar-refractivity contribution < 1.29 is 14.7 Å². The van der Waals surface area contributed by atoms with E-state index < -0.39 is 5.97 Å². The lowest BCUT2D eigenvalue weighted by molar-refractivity contribution is -0.137. The molecule has 0 bridgehead atoms. The Balaban J connectivity index is 3.63. The molecule has 0 fully saturated rings. The lowest BCUT2D eigenvalue weighted by atomic mass is 10.3. The zero-order chi connectivity index (χ0) is 12.4. The topological polar surface area (TPSA) is 69.6 Å². The molecule has 90 valence electrons. The summed E-state index contributed by atoms with van der Waals surface area (Å²) in [6.45, 7) is 2.71. The first-order valence-corrected chi connectivity index (χ1v) is 5.18. The summed E-state index contributed by atoms with van der Waals surface area (Å²) in [5.74, 6) is 4.74. The standard InChI is InChI=1S/C11H18N2O3/c1-3-4-5-8-12-11(16)13(2)9-6-7-10(14)15/h5-9H2,1-2H3,(H,12,16)(H,14,15). The summed E-state index contributed by atoms with van der Waals surface area (Å²) >= 11 is 0. The van der Waals surface area contributed by atoms with Crippen LogP contribution in [0.25, 0.3) is 0 Å². The number of hydrogen-bond acceptors (Lipinski definition) is 2. The fourth-order valence-corrected chi connectivity index (χ4v) is 1.06. The molecular weight excluding hydrogens is 208 g/mol. The number of carboxylic acid groups (broad SMARTS) is 1. The van der Waals surface area contributed by atoms with E-state index in [1.165, 1.54) is 4.90 Å². The van der Waals surface area contributed by atoms with E-state index in [0.717, 1.165) is 0 Å². The van der Waals surface area contributed by atoms with E-state index in [2.05, 4.69) is 17.2 Å². The molecule has 0 aromatic carbocycles. The number of carbonyl (C=O) groups is 2. The number of urea groups is 1. The summed E-state index contributed by atoms with van der Waals surface area (Å²) in [5.41, 5.74) is 0. The van der Waals surface area contributed by atoms with Crippen LogP contribution in [0.4, 0.5) is 4.79 Å². The molecule has 0 aliphatic heterocycles. The molecule has 0 radical (unpaired) electrons. The quantitative estimate of drug-likeness (QED) is 0.522. The van der Waals surface area contributed by atoms with Crippen molar-refractivity contribution in [3.8, 4) is 11.8 Å². The molecule has 0 aliphatic rings. The highest BCUT2D eigenvalue weighted by Crippen LogP contribution is 1.93. The normalized spacial score (nSPS) is 8.88. The number of amides is 2. The lowest BCUT2D eigenvalue weighted by Crippen LogP contribution is -2.38. The first-order chi connectivity index (χ1) is 7.57. The zero-order valence-corrected chi connectivity index (χ0v) is 9.75. The smallest absolute Gasteiger partial charge is 0.317 e. The van der Waals surface area contributed by atoms with E-state index in [4.69, 9.17) is 5.11 Å². The summed E-state index contributed by atoms with van der Waals surface area (Å²) in [7, 11) is 1.64. The number of nitrogens with zero attached hydrogens (tertiary/aromatic N) is 1. The average Bonchev–Trinajstić information content (AvgIpc) is 2.23. The van der Waals surface area contributed by atoms with Crippen LogP contribution in [-0.2, 0) is 4.79 Å². The maximum absolute atomic E-state index is 11.4. The Morgan fingerprint density at radius 3 is 2.69 bits per heavy atom. The molecule has 0 aromatic rings. The van der Waals surface area contributed by atoms with Gasteiger partial charge in [-0.15, -0.1) is 11.8 Å².